The van der Waals surface area contributed by atoms with E-state index >= 15 is 0 Å². The van der Waals surface area contributed by atoms with E-state index in [1.165, 1.54) is 16.9 Å². The molecule has 0 aliphatic carbocycles. The summed E-state index contributed by atoms with van der Waals surface area (Å²) in [7, 11) is 0. The van der Waals surface area contributed by atoms with Gasteiger partial charge in [0.05, 0.1) is 11.5 Å². The molecular formula is C14H10ClN5O2. The average molecular weight is 316 g/mol. The van der Waals surface area contributed by atoms with Gasteiger partial charge in [-0.05, 0) is 35.0 Å². The summed E-state index contributed by atoms with van der Waals surface area (Å²) < 4.78 is 0. The Bertz CT molecular complexity index is 816. The Labute approximate surface area is 130 Å². The molecule has 3 aromatic rings. The molecule has 0 saturated heterocycles. The second kappa shape index (κ2) is 5.90. The van der Waals surface area contributed by atoms with Crippen LogP contribution >= 0.6 is 11.6 Å². The Morgan fingerprint density at radius 1 is 1.18 bits per heavy atom. The molecule has 0 N–H and O–H groups in total. The molecule has 1 heterocycles. The van der Waals surface area contributed by atoms with Crippen molar-refractivity contribution < 1.29 is 4.92 Å². The highest BCUT2D eigenvalue weighted by Gasteiger charge is 2.09. The number of tetrazole rings is 1. The fourth-order valence-electron chi connectivity index (χ4n) is 1.96. The quantitative estimate of drug-likeness (QED) is 0.545. The predicted octanol–water partition coefficient (Wildman–Crippen LogP) is 2.95. The normalized spacial score (nSPS) is 10.6. The van der Waals surface area contributed by atoms with Crippen molar-refractivity contribution in [3.05, 3.63) is 69.2 Å². The van der Waals surface area contributed by atoms with Crippen molar-refractivity contribution in [3.63, 3.8) is 0 Å². The van der Waals surface area contributed by atoms with E-state index in [9.17, 15) is 10.1 Å². The van der Waals surface area contributed by atoms with Crippen LogP contribution in [0.15, 0.2) is 48.5 Å². The maximum absolute atomic E-state index is 10.8. The molecule has 0 fully saturated rings. The van der Waals surface area contributed by atoms with E-state index in [0.717, 1.165) is 11.1 Å². The SMILES string of the molecule is O=[N+]([O-])c1cccc(Cn2nnc(-c3ccc(Cl)cc3)n2)c1. The molecule has 1 aromatic heterocycles. The molecule has 8 heteroatoms. The zero-order valence-corrected chi connectivity index (χ0v) is 12.0. The second-order valence-corrected chi connectivity index (χ2v) is 5.01. The standard InChI is InChI=1S/C14H10ClN5O2/c15-12-6-4-11(5-7-12)14-16-18-19(17-14)9-10-2-1-3-13(8-10)20(21)22/h1-8H,9H2. The van der Waals surface area contributed by atoms with Crippen molar-refractivity contribution in [3.8, 4) is 11.4 Å². The fourth-order valence-corrected chi connectivity index (χ4v) is 2.08. The second-order valence-electron chi connectivity index (χ2n) is 4.58. The number of non-ortho nitro benzene ring substituents is 1. The van der Waals surface area contributed by atoms with Crippen LogP contribution in [0.5, 0.6) is 0 Å². The molecule has 3 rings (SSSR count). The van der Waals surface area contributed by atoms with Crippen LogP contribution in [-0.2, 0) is 6.54 Å². The molecule has 0 unspecified atom stereocenters. The number of hydrogen-bond acceptors (Lipinski definition) is 5. The minimum Gasteiger partial charge on any atom is -0.258 e. The molecule has 7 nitrogen and oxygen atoms in total. The molecule has 0 aliphatic rings. The van der Waals surface area contributed by atoms with Crippen LogP contribution in [-0.4, -0.2) is 25.1 Å². The molecule has 2 aromatic carbocycles. The van der Waals surface area contributed by atoms with Crippen LogP contribution in [0, 0.1) is 10.1 Å². The van der Waals surface area contributed by atoms with Gasteiger partial charge in [-0.1, -0.05) is 23.7 Å². The Morgan fingerprint density at radius 3 is 2.68 bits per heavy atom. The maximum atomic E-state index is 10.8. The van der Waals surface area contributed by atoms with E-state index in [4.69, 9.17) is 11.6 Å². The molecule has 22 heavy (non-hydrogen) atoms. The first kappa shape index (κ1) is 14.2. The van der Waals surface area contributed by atoms with Crippen molar-refractivity contribution in [2.24, 2.45) is 0 Å². The highest BCUT2D eigenvalue weighted by atomic mass is 35.5. The van der Waals surface area contributed by atoms with E-state index in [0.29, 0.717) is 17.4 Å². The van der Waals surface area contributed by atoms with Crippen LogP contribution in [0.4, 0.5) is 5.69 Å². The van der Waals surface area contributed by atoms with Gasteiger partial charge in [0.2, 0.25) is 5.82 Å². The van der Waals surface area contributed by atoms with Gasteiger partial charge in [0.1, 0.15) is 0 Å². The highest BCUT2D eigenvalue weighted by molar-refractivity contribution is 6.30. The summed E-state index contributed by atoms with van der Waals surface area (Å²) in [5.74, 6) is 0.474. The molecule has 0 spiro atoms. The molecule has 0 bridgehead atoms. The number of nitro groups is 1. The summed E-state index contributed by atoms with van der Waals surface area (Å²) in [6.07, 6.45) is 0. The van der Waals surface area contributed by atoms with Gasteiger partial charge in [-0.25, -0.2) is 0 Å². The van der Waals surface area contributed by atoms with E-state index in [1.807, 2.05) is 0 Å². The van der Waals surface area contributed by atoms with Gasteiger partial charge in [0.25, 0.3) is 5.69 Å². The van der Waals surface area contributed by atoms with Crippen LogP contribution in [0.3, 0.4) is 0 Å². The number of hydrogen-bond donors (Lipinski definition) is 0. The third kappa shape index (κ3) is 3.09. The van der Waals surface area contributed by atoms with Crippen molar-refractivity contribution in [2.45, 2.75) is 6.54 Å². The van der Waals surface area contributed by atoms with Crippen molar-refractivity contribution >= 4 is 17.3 Å². The van der Waals surface area contributed by atoms with Crippen LogP contribution in [0.25, 0.3) is 11.4 Å². The number of benzene rings is 2. The Morgan fingerprint density at radius 2 is 1.95 bits per heavy atom. The number of nitrogens with zero attached hydrogens (tertiary/aromatic N) is 5. The molecule has 0 saturated carbocycles. The van der Waals surface area contributed by atoms with E-state index < -0.39 is 4.92 Å². The first-order valence-electron chi connectivity index (χ1n) is 6.39. The average Bonchev–Trinajstić information content (AvgIpc) is 2.96. The minimum atomic E-state index is -0.433. The summed E-state index contributed by atoms with van der Waals surface area (Å²) in [6, 6.07) is 13.4. The van der Waals surface area contributed by atoms with Gasteiger partial charge >= 0.3 is 0 Å². The summed E-state index contributed by atoms with van der Waals surface area (Å²) in [5, 5.41) is 23.6. The molecule has 0 aliphatic heterocycles. The number of rotatable bonds is 4. The van der Waals surface area contributed by atoms with Gasteiger partial charge in [0, 0.05) is 22.7 Å². The van der Waals surface area contributed by atoms with Gasteiger partial charge in [-0.2, -0.15) is 4.80 Å². The first-order chi connectivity index (χ1) is 10.6. The largest absolute Gasteiger partial charge is 0.269 e. The highest BCUT2D eigenvalue weighted by Crippen LogP contribution is 2.18. The zero-order chi connectivity index (χ0) is 15.5. The topological polar surface area (TPSA) is 86.7 Å². The maximum Gasteiger partial charge on any atom is 0.269 e. The summed E-state index contributed by atoms with van der Waals surface area (Å²) >= 11 is 5.84. The molecule has 110 valence electrons. The lowest BCUT2D eigenvalue weighted by Gasteiger charge is -1.99. The smallest absolute Gasteiger partial charge is 0.258 e. The van der Waals surface area contributed by atoms with E-state index in [1.54, 1.807) is 36.4 Å². The van der Waals surface area contributed by atoms with E-state index in [-0.39, 0.29) is 5.69 Å². The summed E-state index contributed by atoms with van der Waals surface area (Å²) in [6.45, 7) is 0.308. The third-order valence-corrected chi connectivity index (χ3v) is 3.25. The fraction of sp³-hybridized carbons (Fsp3) is 0.0714. The van der Waals surface area contributed by atoms with Gasteiger partial charge in [0.15, 0.2) is 0 Å². The third-order valence-electron chi connectivity index (χ3n) is 3.00. The molecule has 0 radical (unpaired) electrons. The monoisotopic (exact) mass is 315 g/mol. The van der Waals surface area contributed by atoms with E-state index in [2.05, 4.69) is 15.4 Å². The van der Waals surface area contributed by atoms with Crippen molar-refractivity contribution in [1.29, 1.82) is 0 Å². The predicted molar refractivity (Wildman–Crippen MR) is 80.5 cm³/mol. The Kier molecular flexibility index (Phi) is 3.80. The van der Waals surface area contributed by atoms with Crippen LogP contribution in [0.1, 0.15) is 5.56 Å². The molecule has 0 amide bonds. The Balaban J connectivity index is 1.81. The molecular weight excluding hydrogens is 306 g/mol. The minimum absolute atomic E-state index is 0.0375. The van der Waals surface area contributed by atoms with Crippen LogP contribution in [0.2, 0.25) is 5.02 Å². The van der Waals surface area contributed by atoms with Gasteiger partial charge < -0.3 is 0 Å². The lowest BCUT2D eigenvalue weighted by Crippen LogP contribution is -2.04. The summed E-state index contributed by atoms with van der Waals surface area (Å²) in [4.78, 5) is 11.7. The number of halogens is 1. The van der Waals surface area contributed by atoms with Gasteiger partial charge in [-0.3, -0.25) is 10.1 Å². The van der Waals surface area contributed by atoms with Gasteiger partial charge in [-0.15, -0.1) is 10.2 Å². The zero-order valence-electron chi connectivity index (χ0n) is 11.3. The Hall–Kier alpha value is -2.80. The molecule has 0 atom stereocenters. The number of aromatic nitrogens is 4. The first-order valence-corrected chi connectivity index (χ1v) is 6.77. The number of nitro benzene ring substituents is 1. The lowest BCUT2D eigenvalue weighted by molar-refractivity contribution is -0.384. The van der Waals surface area contributed by atoms with Crippen molar-refractivity contribution in [2.75, 3.05) is 0 Å². The van der Waals surface area contributed by atoms with Crippen molar-refractivity contribution in [1.82, 2.24) is 20.2 Å². The van der Waals surface area contributed by atoms with Crippen LogP contribution < -0.4 is 0 Å². The lowest BCUT2D eigenvalue weighted by atomic mass is 10.2. The summed E-state index contributed by atoms with van der Waals surface area (Å²) in [5.41, 5.74) is 1.57.